The third-order valence-corrected chi connectivity index (χ3v) is 6.76. The van der Waals surface area contributed by atoms with Crippen molar-refractivity contribution in [2.45, 2.75) is 0 Å². The number of rotatable bonds is 8. The van der Waals surface area contributed by atoms with Gasteiger partial charge in [0.05, 0.1) is 23.4 Å². The lowest BCUT2D eigenvalue weighted by molar-refractivity contribution is 0.0919. The quantitative estimate of drug-likeness (QED) is 0.162. The van der Waals surface area contributed by atoms with E-state index in [1.807, 2.05) is 5.38 Å². The van der Waals surface area contributed by atoms with Gasteiger partial charge in [-0.05, 0) is 66.2 Å². The summed E-state index contributed by atoms with van der Waals surface area (Å²) >= 11 is 19.5. The molecule has 0 spiro atoms. The fraction of sp³-hybridized carbons (Fsp3) is 0.0741. The Morgan fingerprint density at radius 3 is 2.47 bits per heavy atom. The van der Waals surface area contributed by atoms with E-state index in [0.29, 0.717) is 54.0 Å². The van der Waals surface area contributed by atoms with E-state index in [0.717, 1.165) is 5.56 Å². The summed E-state index contributed by atoms with van der Waals surface area (Å²) in [6.45, 7) is -0.161. The van der Waals surface area contributed by atoms with Crippen molar-refractivity contribution in [3.05, 3.63) is 97.2 Å². The summed E-state index contributed by atoms with van der Waals surface area (Å²) in [4.78, 5) is 17.0. The van der Waals surface area contributed by atoms with Crippen LogP contribution in [0, 0.1) is 11.3 Å². The molecule has 0 saturated carbocycles. The number of methoxy groups -OCH3 is 1. The maximum atomic E-state index is 12.4. The first-order chi connectivity index (χ1) is 17.4. The smallest absolute Gasteiger partial charge is 0.200 e. The first kappa shape index (κ1) is 25.7. The van der Waals surface area contributed by atoms with Crippen molar-refractivity contribution in [1.29, 1.82) is 5.26 Å². The monoisotopic (exact) mass is 554 g/mol. The number of halogens is 3. The second kappa shape index (κ2) is 11.6. The van der Waals surface area contributed by atoms with Gasteiger partial charge in [-0.25, -0.2) is 4.98 Å². The van der Waals surface area contributed by atoms with Crippen LogP contribution in [0.3, 0.4) is 0 Å². The summed E-state index contributed by atoms with van der Waals surface area (Å²) in [6, 6.07) is 19.2. The van der Waals surface area contributed by atoms with Crippen LogP contribution >= 0.6 is 46.1 Å². The van der Waals surface area contributed by atoms with Crippen molar-refractivity contribution in [1.82, 2.24) is 4.98 Å². The molecule has 0 amide bonds. The fourth-order valence-electron chi connectivity index (χ4n) is 3.28. The minimum Gasteiger partial charge on any atom is -0.493 e. The van der Waals surface area contributed by atoms with Gasteiger partial charge in [0, 0.05) is 26.6 Å². The van der Waals surface area contributed by atoms with E-state index < -0.39 is 0 Å². The Balaban J connectivity index is 1.52. The summed E-state index contributed by atoms with van der Waals surface area (Å²) in [5.74, 6) is 0.645. The number of nitriles is 1. The third-order valence-electron chi connectivity index (χ3n) is 5.09. The van der Waals surface area contributed by atoms with Crippen LogP contribution in [0.15, 0.2) is 66.0 Å². The topological polar surface area (TPSA) is 72.2 Å². The van der Waals surface area contributed by atoms with Crippen LogP contribution in [-0.2, 0) is 0 Å². The van der Waals surface area contributed by atoms with Gasteiger partial charge in [0.15, 0.2) is 23.9 Å². The molecule has 4 rings (SSSR count). The van der Waals surface area contributed by atoms with E-state index in [4.69, 9.17) is 44.3 Å². The molecule has 180 valence electrons. The first-order valence-electron chi connectivity index (χ1n) is 10.5. The number of hydrogen-bond acceptors (Lipinski definition) is 6. The molecule has 1 heterocycles. The van der Waals surface area contributed by atoms with Crippen molar-refractivity contribution in [2.24, 2.45) is 0 Å². The molecule has 0 aliphatic rings. The van der Waals surface area contributed by atoms with E-state index in [2.05, 4.69) is 11.1 Å². The van der Waals surface area contributed by atoms with Crippen LogP contribution in [0.5, 0.6) is 11.5 Å². The standard InChI is InChI=1S/C27H17Cl3N2O3S/c1-34-26-11-16(2-9-25(26)35-14-24(33)17-3-5-19(28)6-4-17)10-18(13-31)27-32-23(15-36-27)21-8-7-20(29)12-22(21)30/h2-12,15H,14H2,1H3. The molecule has 0 aliphatic carbocycles. The number of thiazole rings is 1. The number of aromatic nitrogens is 1. The van der Waals surface area contributed by atoms with Gasteiger partial charge in [0.1, 0.15) is 11.1 Å². The molecule has 0 atom stereocenters. The first-order valence-corrected chi connectivity index (χ1v) is 12.5. The van der Waals surface area contributed by atoms with Gasteiger partial charge in [0.2, 0.25) is 0 Å². The Bertz CT molecular complexity index is 1490. The highest BCUT2D eigenvalue weighted by atomic mass is 35.5. The molecular weight excluding hydrogens is 539 g/mol. The van der Waals surface area contributed by atoms with Gasteiger partial charge in [-0.2, -0.15) is 5.26 Å². The van der Waals surface area contributed by atoms with Gasteiger partial charge in [0.25, 0.3) is 0 Å². The molecule has 0 fully saturated rings. The van der Waals surface area contributed by atoms with Gasteiger partial charge >= 0.3 is 0 Å². The molecule has 36 heavy (non-hydrogen) atoms. The summed E-state index contributed by atoms with van der Waals surface area (Å²) in [5, 5.41) is 13.7. The normalized spacial score (nSPS) is 11.1. The minimum absolute atomic E-state index is 0.161. The number of benzene rings is 3. The fourth-order valence-corrected chi connectivity index (χ4v) is 4.70. The molecule has 3 aromatic carbocycles. The molecule has 0 saturated heterocycles. The highest BCUT2D eigenvalue weighted by molar-refractivity contribution is 7.11. The van der Waals surface area contributed by atoms with Crippen LogP contribution in [0.2, 0.25) is 15.1 Å². The zero-order chi connectivity index (χ0) is 25.7. The molecule has 0 N–H and O–H groups in total. The van der Waals surface area contributed by atoms with Gasteiger partial charge in [-0.3, -0.25) is 4.79 Å². The molecule has 4 aromatic rings. The highest BCUT2D eigenvalue weighted by Gasteiger charge is 2.14. The van der Waals surface area contributed by atoms with Crippen molar-refractivity contribution < 1.29 is 14.3 Å². The molecule has 1 aromatic heterocycles. The van der Waals surface area contributed by atoms with Gasteiger partial charge in [-0.15, -0.1) is 11.3 Å². The van der Waals surface area contributed by atoms with E-state index >= 15 is 0 Å². The molecular formula is C27H17Cl3N2O3S. The molecule has 0 radical (unpaired) electrons. The average Bonchev–Trinajstić information content (AvgIpc) is 3.36. The maximum Gasteiger partial charge on any atom is 0.200 e. The van der Waals surface area contributed by atoms with E-state index in [1.165, 1.54) is 18.4 Å². The average molecular weight is 556 g/mol. The number of nitrogens with zero attached hydrogens (tertiary/aromatic N) is 2. The lowest BCUT2D eigenvalue weighted by atomic mass is 10.1. The second-order valence-corrected chi connectivity index (χ2v) is 9.60. The molecule has 0 unspecified atom stereocenters. The number of carbonyl (C=O) groups is 1. The lowest BCUT2D eigenvalue weighted by Crippen LogP contribution is -2.12. The zero-order valence-corrected chi connectivity index (χ0v) is 21.9. The molecule has 9 heteroatoms. The number of ether oxygens (including phenoxy) is 2. The number of ketones is 1. The molecule has 0 aliphatic heterocycles. The summed E-state index contributed by atoms with van der Waals surface area (Å²) in [5.41, 5.74) is 2.98. The maximum absolute atomic E-state index is 12.4. The summed E-state index contributed by atoms with van der Waals surface area (Å²) in [6.07, 6.45) is 1.71. The van der Waals surface area contributed by atoms with Gasteiger partial charge in [-0.1, -0.05) is 40.9 Å². The number of allylic oxidation sites excluding steroid dienone is 1. The van der Waals surface area contributed by atoms with Crippen molar-refractivity contribution in [2.75, 3.05) is 13.7 Å². The Kier molecular flexibility index (Phi) is 8.29. The second-order valence-electron chi connectivity index (χ2n) is 7.46. The van der Waals surface area contributed by atoms with Crippen molar-refractivity contribution >= 4 is 63.6 Å². The molecule has 0 bridgehead atoms. The van der Waals surface area contributed by atoms with Crippen LogP contribution in [0.1, 0.15) is 20.9 Å². The van der Waals surface area contributed by atoms with E-state index in [-0.39, 0.29) is 12.4 Å². The highest BCUT2D eigenvalue weighted by Crippen LogP contribution is 2.34. The predicted molar refractivity (Wildman–Crippen MR) is 145 cm³/mol. The Hall–Kier alpha value is -3.34. The van der Waals surface area contributed by atoms with Gasteiger partial charge < -0.3 is 9.47 Å². The Labute approximate surface area is 227 Å². The predicted octanol–water partition coefficient (Wildman–Crippen LogP) is 8.10. The van der Waals surface area contributed by atoms with E-state index in [9.17, 15) is 10.1 Å². The Morgan fingerprint density at radius 1 is 1.03 bits per heavy atom. The summed E-state index contributed by atoms with van der Waals surface area (Å²) < 4.78 is 11.1. The Morgan fingerprint density at radius 2 is 1.78 bits per heavy atom. The zero-order valence-electron chi connectivity index (χ0n) is 18.8. The van der Waals surface area contributed by atoms with Crippen LogP contribution in [0.4, 0.5) is 0 Å². The van der Waals surface area contributed by atoms with Crippen LogP contribution in [0.25, 0.3) is 22.9 Å². The van der Waals surface area contributed by atoms with Crippen molar-refractivity contribution in [3.63, 3.8) is 0 Å². The van der Waals surface area contributed by atoms with Crippen LogP contribution < -0.4 is 9.47 Å². The SMILES string of the molecule is COc1cc(C=C(C#N)c2nc(-c3ccc(Cl)cc3Cl)cs2)ccc1OCC(=O)c1ccc(Cl)cc1. The third kappa shape index (κ3) is 6.07. The van der Waals surface area contributed by atoms with Crippen LogP contribution in [-0.4, -0.2) is 24.5 Å². The molecule has 5 nitrogen and oxygen atoms in total. The lowest BCUT2D eigenvalue weighted by Gasteiger charge is -2.11. The largest absolute Gasteiger partial charge is 0.493 e. The van der Waals surface area contributed by atoms with E-state index in [1.54, 1.807) is 66.7 Å². The number of hydrogen-bond donors (Lipinski definition) is 0. The number of Topliss-reactive ketones (excluding diaryl/α,β-unsaturated/α-hetero) is 1. The van der Waals surface area contributed by atoms with Crippen molar-refractivity contribution in [3.8, 4) is 28.8 Å². The minimum atomic E-state index is -0.190. The summed E-state index contributed by atoms with van der Waals surface area (Å²) in [7, 11) is 1.50. The number of carbonyl (C=O) groups excluding carboxylic acids is 1.